The van der Waals surface area contributed by atoms with Crippen LogP contribution in [-0.4, -0.2) is 18.0 Å². The number of anilines is 1. The van der Waals surface area contributed by atoms with Crippen LogP contribution in [0.2, 0.25) is 0 Å². The fourth-order valence-corrected chi connectivity index (χ4v) is 2.18. The number of para-hydroxylation sites is 1. The first-order chi connectivity index (χ1) is 8.62. The molecule has 18 heavy (non-hydrogen) atoms. The van der Waals surface area contributed by atoms with E-state index in [1.165, 1.54) is 18.9 Å². The van der Waals surface area contributed by atoms with Gasteiger partial charge in [-0.15, -0.1) is 0 Å². The second-order valence-corrected chi connectivity index (χ2v) is 4.82. The minimum absolute atomic E-state index is 0.292. The van der Waals surface area contributed by atoms with E-state index in [2.05, 4.69) is 25.7 Å². The fourth-order valence-electron chi connectivity index (χ4n) is 2.18. The molecule has 0 unspecified atom stereocenters. The van der Waals surface area contributed by atoms with E-state index in [-0.39, 0.29) is 5.82 Å². The smallest absolute Gasteiger partial charge is 0.146 e. The van der Waals surface area contributed by atoms with Crippen LogP contribution < -0.4 is 5.73 Å². The zero-order valence-corrected chi connectivity index (χ0v) is 11.7. The van der Waals surface area contributed by atoms with Crippen molar-refractivity contribution in [2.45, 2.75) is 40.2 Å². The Morgan fingerprint density at radius 2 is 1.89 bits per heavy atom. The highest BCUT2D eigenvalue weighted by Crippen LogP contribution is 2.19. The maximum Gasteiger partial charge on any atom is 0.146 e. The molecule has 3 heteroatoms. The Kier molecular flexibility index (Phi) is 6.13. The van der Waals surface area contributed by atoms with Crippen LogP contribution in [0.1, 0.15) is 39.2 Å². The van der Waals surface area contributed by atoms with Gasteiger partial charge in [0.1, 0.15) is 5.82 Å². The van der Waals surface area contributed by atoms with E-state index in [0.717, 1.165) is 25.2 Å². The van der Waals surface area contributed by atoms with Crippen LogP contribution in [0.4, 0.5) is 10.1 Å². The van der Waals surface area contributed by atoms with Crippen LogP contribution in [0.25, 0.3) is 0 Å². The molecular weight excluding hydrogens is 227 g/mol. The van der Waals surface area contributed by atoms with Gasteiger partial charge in [-0.3, -0.25) is 4.90 Å². The minimum Gasteiger partial charge on any atom is -0.396 e. The van der Waals surface area contributed by atoms with Crippen molar-refractivity contribution in [1.29, 1.82) is 0 Å². The molecule has 102 valence electrons. The molecule has 0 spiro atoms. The number of halogens is 1. The van der Waals surface area contributed by atoms with Crippen LogP contribution >= 0.6 is 0 Å². The summed E-state index contributed by atoms with van der Waals surface area (Å²) < 4.78 is 13.4. The van der Waals surface area contributed by atoms with E-state index in [9.17, 15) is 4.39 Å². The molecule has 2 N–H and O–H groups in total. The quantitative estimate of drug-likeness (QED) is 0.750. The second kappa shape index (κ2) is 7.37. The number of hydrogen-bond acceptors (Lipinski definition) is 2. The summed E-state index contributed by atoms with van der Waals surface area (Å²) in [6, 6.07) is 5.05. The summed E-state index contributed by atoms with van der Waals surface area (Å²) in [6.07, 6.45) is 2.37. The third-order valence-corrected chi connectivity index (χ3v) is 3.66. The molecule has 0 aliphatic heterocycles. The molecule has 0 bridgehead atoms. The van der Waals surface area contributed by atoms with Gasteiger partial charge < -0.3 is 5.73 Å². The molecule has 0 fully saturated rings. The van der Waals surface area contributed by atoms with Crippen LogP contribution in [0, 0.1) is 11.7 Å². The summed E-state index contributed by atoms with van der Waals surface area (Å²) in [7, 11) is 0. The molecule has 1 aromatic carbocycles. The first-order valence-corrected chi connectivity index (χ1v) is 6.87. The van der Waals surface area contributed by atoms with Crippen molar-refractivity contribution in [3.63, 3.8) is 0 Å². The Labute approximate surface area is 110 Å². The maximum atomic E-state index is 13.4. The predicted molar refractivity (Wildman–Crippen MR) is 75.8 cm³/mol. The number of nitrogens with zero attached hydrogens (tertiary/aromatic N) is 1. The molecular formula is C15H25FN2. The molecule has 0 saturated carbocycles. The van der Waals surface area contributed by atoms with Crippen molar-refractivity contribution in [2.75, 3.05) is 18.8 Å². The number of hydrogen-bond donors (Lipinski definition) is 1. The van der Waals surface area contributed by atoms with Gasteiger partial charge in [-0.2, -0.15) is 0 Å². The lowest BCUT2D eigenvalue weighted by molar-refractivity contribution is 0.226. The Hall–Kier alpha value is -1.09. The van der Waals surface area contributed by atoms with Gasteiger partial charge in [0.05, 0.1) is 5.69 Å². The Morgan fingerprint density at radius 3 is 2.44 bits per heavy atom. The largest absolute Gasteiger partial charge is 0.396 e. The molecule has 1 rings (SSSR count). The highest BCUT2D eigenvalue weighted by molar-refractivity contribution is 5.47. The van der Waals surface area contributed by atoms with E-state index < -0.39 is 0 Å². The van der Waals surface area contributed by atoms with Gasteiger partial charge in [0, 0.05) is 13.1 Å². The van der Waals surface area contributed by atoms with Gasteiger partial charge >= 0.3 is 0 Å². The molecule has 0 atom stereocenters. The molecule has 0 saturated heterocycles. The van der Waals surface area contributed by atoms with Crippen LogP contribution in [-0.2, 0) is 6.54 Å². The standard InChI is InChI=1S/C15H25FN2/c1-4-12(5-2)10-18(6-3)11-13-8-7-9-14(16)15(13)17/h7-9,12H,4-6,10-11,17H2,1-3H3. The van der Waals surface area contributed by atoms with Crippen molar-refractivity contribution in [1.82, 2.24) is 4.90 Å². The SMILES string of the molecule is CCC(CC)CN(CC)Cc1cccc(F)c1N. The number of nitrogen functional groups attached to an aromatic ring is 1. The zero-order chi connectivity index (χ0) is 13.5. The van der Waals surface area contributed by atoms with Gasteiger partial charge in [0.2, 0.25) is 0 Å². The van der Waals surface area contributed by atoms with Gasteiger partial charge in [-0.1, -0.05) is 45.7 Å². The highest BCUT2D eigenvalue weighted by Gasteiger charge is 2.12. The lowest BCUT2D eigenvalue weighted by Gasteiger charge is -2.25. The lowest BCUT2D eigenvalue weighted by atomic mass is 10.0. The van der Waals surface area contributed by atoms with Crippen molar-refractivity contribution < 1.29 is 4.39 Å². The lowest BCUT2D eigenvalue weighted by Crippen LogP contribution is -2.29. The summed E-state index contributed by atoms with van der Waals surface area (Å²) in [4.78, 5) is 2.34. The van der Waals surface area contributed by atoms with E-state index >= 15 is 0 Å². The number of rotatable bonds is 7. The molecule has 0 radical (unpaired) electrons. The minimum atomic E-state index is -0.314. The monoisotopic (exact) mass is 252 g/mol. The second-order valence-electron chi connectivity index (χ2n) is 4.82. The van der Waals surface area contributed by atoms with E-state index in [4.69, 9.17) is 5.73 Å². The van der Waals surface area contributed by atoms with E-state index in [0.29, 0.717) is 11.6 Å². The van der Waals surface area contributed by atoms with Crippen LogP contribution in [0.5, 0.6) is 0 Å². The summed E-state index contributed by atoms with van der Waals surface area (Å²) in [5, 5.41) is 0. The van der Waals surface area contributed by atoms with Crippen molar-refractivity contribution in [2.24, 2.45) is 5.92 Å². The average Bonchev–Trinajstić information content (AvgIpc) is 2.39. The van der Waals surface area contributed by atoms with Crippen molar-refractivity contribution in [3.05, 3.63) is 29.6 Å². The molecule has 0 heterocycles. The Balaban J connectivity index is 2.70. The highest BCUT2D eigenvalue weighted by atomic mass is 19.1. The maximum absolute atomic E-state index is 13.4. The summed E-state index contributed by atoms with van der Waals surface area (Å²) in [5.41, 5.74) is 6.96. The number of benzene rings is 1. The molecule has 0 amide bonds. The average molecular weight is 252 g/mol. The molecule has 1 aromatic rings. The summed E-state index contributed by atoms with van der Waals surface area (Å²) in [5.74, 6) is 0.394. The molecule has 2 nitrogen and oxygen atoms in total. The third kappa shape index (κ3) is 3.98. The summed E-state index contributed by atoms with van der Waals surface area (Å²) in [6.45, 7) is 9.33. The molecule has 0 aliphatic rings. The molecule has 0 aliphatic carbocycles. The van der Waals surface area contributed by atoms with Crippen molar-refractivity contribution >= 4 is 5.69 Å². The Bertz CT molecular complexity index is 362. The van der Waals surface area contributed by atoms with E-state index in [1.54, 1.807) is 6.07 Å². The van der Waals surface area contributed by atoms with Gasteiger partial charge in [0.15, 0.2) is 0 Å². The van der Waals surface area contributed by atoms with E-state index in [1.807, 2.05) is 6.07 Å². The van der Waals surface area contributed by atoms with Gasteiger partial charge in [0.25, 0.3) is 0 Å². The zero-order valence-electron chi connectivity index (χ0n) is 11.7. The topological polar surface area (TPSA) is 29.3 Å². The van der Waals surface area contributed by atoms with Crippen molar-refractivity contribution in [3.8, 4) is 0 Å². The Morgan fingerprint density at radius 1 is 1.22 bits per heavy atom. The normalized spacial score (nSPS) is 11.4. The first kappa shape index (κ1) is 15.0. The van der Waals surface area contributed by atoms with Crippen LogP contribution in [0.15, 0.2) is 18.2 Å². The van der Waals surface area contributed by atoms with Gasteiger partial charge in [-0.25, -0.2) is 4.39 Å². The third-order valence-electron chi connectivity index (χ3n) is 3.66. The first-order valence-electron chi connectivity index (χ1n) is 6.87. The number of nitrogens with two attached hydrogens (primary N) is 1. The predicted octanol–water partition coefficient (Wildman–Crippen LogP) is 3.67. The van der Waals surface area contributed by atoms with Crippen LogP contribution in [0.3, 0.4) is 0 Å². The summed E-state index contributed by atoms with van der Waals surface area (Å²) >= 11 is 0. The molecule has 0 aromatic heterocycles. The van der Waals surface area contributed by atoms with Gasteiger partial charge in [-0.05, 0) is 24.1 Å². The fraction of sp³-hybridized carbons (Fsp3) is 0.600.